The average molecular weight is 239 g/mol. The van der Waals surface area contributed by atoms with Gasteiger partial charge in [0.25, 0.3) is 5.91 Å². The number of anilines is 1. The highest BCUT2D eigenvalue weighted by atomic mass is 35.5. The van der Waals surface area contributed by atoms with Crippen LogP contribution in [0.5, 0.6) is 0 Å². The second kappa shape index (κ2) is 5.56. The molecule has 0 saturated carbocycles. The van der Waals surface area contributed by atoms with Crippen LogP contribution in [0.3, 0.4) is 0 Å². The Morgan fingerprint density at radius 3 is 2.69 bits per heavy atom. The van der Waals surface area contributed by atoms with E-state index in [2.05, 4.69) is 5.32 Å². The number of nitrogen functional groups attached to an aromatic ring is 1. The van der Waals surface area contributed by atoms with Crippen LogP contribution in [-0.4, -0.2) is 12.5 Å². The summed E-state index contributed by atoms with van der Waals surface area (Å²) in [6.45, 7) is 4.46. The maximum Gasteiger partial charge on any atom is 0.251 e. The molecule has 3 N–H and O–H groups in total. The van der Waals surface area contributed by atoms with Crippen LogP contribution in [0.15, 0.2) is 29.8 Å². The largest absolute Gasteiger partial charge is 0.399 e. The molecule has 0 heterocycles. The first kappa shape index (κ1) is 12.6. The molecule has 0 radical (unpaired) electrons. The van der Waals surface area contributed by atoms with Crippen LogP contribution in [-0.2, 0) is 0 Å². The van der Waals surface area contributed by atoms with E-state index in [0.717, 1.165) is 5.57 Å². The van der Waals surface area contributed by atoms with Crippen molar-refractivity contribution in [2.75, 3.05) is 12.3 Å². The molecule has 0 saturated heterocycles. The Bertz CT molecular complexity index is 403. The van der Waals surface area contributed by atoms with Crippen molar-refractivity contribution in [3.05, 3.63) is 40.4 Å². The summed E-state index contributed by atoms with van der Waals surface area (Å²) in [7, 11) is 0. The van der Waals surface area contributed by atoms with Gasteiger partial charge in [0.2, 0.25) is 0 Å². The molecule has 1 aromatic rings. The molecule has 1 rings (SSSR count). The zero-order valence-corrected chi connectivity index (χ0v) is 10.1. The van der Waals surface area contributed by atoms with E-state index in [4.69, 9.17) is 17.3 Å². The fourth-order valence-corrected chi connectivity index (χ4v) is 1.44. The van der Waals surface area contributed by atoms with Gasteiger partial charge < -0.3 is 11.1 Å². The zero-order chi connectivity index (χ0) is 12.1. The van der Waals surface area contributed by atoms with Gasteiger partial charge in [-0.15, -0.1) is 0 Å². The lowest BCUT2D eigenvalue weighted by Crippen LogP contribution is -2.23. The van der Waals surface area contributed by atoms with Gasteiger partial charge in [-0.2, -0.15) is 0 Å². The van der Waals surface area contributed by atoms with Crippen molar-refractivity contribution in [2.45, 2.75) is 13.8 Å². The third-order valence-electron chi connectivity index (χ3n) is 1.96. The maximum atomic E-state index is 11.7. The number of carbonyl (C=O) groups is 1. The second-order valence-electron chi connectivity index (χ2n) is 3.76. The van der Waals surface area contributed by atoms with Crippen LogP contribution >= 0.6 is 11.6 Å². The van der Waals surface area contributed by atoms with Crippen molar-refractivity contribution in [3.63, 3.8) is 0 Å². The summed E-state index contributed by atoms with van der Waals surface area (Å²) in [5.74, 6) is -0.174. The molecule has 3 nitrogen and oxygen atoms in total. The minimum atomic E-state index is -0.174. The highest BCUT2D eigenvalue weighted by Gasteiger charge is 2.05. The Labute approximate surface area is 100 Å². The molecular weight excluding hydrogens is 224 g/mol. The van der Waals surface area contributed by atoms with Crippen molar-refractivity contribution in [1.82, 2.24) is 5.32 Å². The first-order valence-corrected chi connectivity index (χ1v) is 5.34. The summed E-state index contributed by atoms with van der Waals surface area (Å²) in [5, 5.41) is 3.22. The fraction of sp³-hybridized carbons (Fsp3) is 0.250. The second-order valence-corrected chi connectivity index (χ2v) is 4.20. The molecule has 0 fully saturated rings. The third kappa shape index (κ3) is 3.95. The lowest BCUT2D eigenvalue weighted by atomic mass is 10.2. The number of hydrogen-bond donors (Lipinski definition) is 2. The summed E-state index contributed by atoms with van der Waals surface area (Å²) in [5.41, 5.74) is 7.72. The molecule has 4 heteroatoms. The summed E-state index contributed by atoms with van der Waals surface area (Å²) in [4.78, 5) is 11.7. The molecule has 0 unspecified atom stereocenters. The van der Waals surface area contributed by atoms with Gasteiger partial charge in [0, 0.05) is 22.8 Å². The standard InChI is InChI=1S/C12H15ClN2O/c1-8(2)3-4-15-12(16)9-5-10(13)7-11(14)6-9/h3,5-7H,4,14H2,1-2H3,(H,15,16). The van der Waals surface area contributed by atoms with Gasteiger partial charge >= 0.3 is 0 Å². The van der Waals surface area contributed by atoms with E-state index in [9.17, 15) is 4.79 Å². The summed E-state index contributed by atoms with van der Waals surface area (Å²) in [6, 6.07) is 4.80. The van der Waals surface area contributed by atoms with Gasteiger partial charge in [-0.05, 0) is 32.0 Å². The van der Waals surface area contributed by atoms with Gasteiger partial charge in [0.1, 0.15) is 0 Å². The number of carbonyl (C=O) groups excluding carboxylic acids is 1. The monoisotopic (exact) mass is 238 g/mol. The van der Waals surface area contributed by atoms with Crippen LogP contribution in [0.25, 0.3) is 0 Å². The number of hydrogen-bond acceptors (Lipinski definition) is 2. The van der Waals surface area contributed by atoms with Crippen molar-refractivity contribution in [1.29, 1.82) is 0 Å². The maximum absolute atomic E-state index is 11.7. The van der Waals surface area contributed by atoms with Crippen LogP contribution in [0.2, 0.25) is 5.02 Å². The minimum absolute atomic E-state index is 0.174. The molecule has 0 spiro atoms. The van der Waals surface area contributed by atoms with E-state index in [1.807, 2.05) is 19.9 Å². The third-order valence-corrected chi connectivity index (χ3v) is 2.17. The Balaban J connectivity index is 2.69. The molecule has 0 atom stereocenters. The average Bonchev–Trinajstić information content (AvgIpc) is 2.15. The lowest BCUT2D eigenvalue weighted by Gasteiger charge is -2.04. The Morgan fingerprint density at radius 1 is 1.44 bits per heavy atom. The van der Waals surface area contributed by atoms with Crippen LogP contribution in [0.4, 0.5) is 5.69 Å². The zero-order valence-electron chi connectivity index (χ0n) is 9.38. The van der Waals surface area contributed by atoms with Gasteiger partial charge in [-0.3, -0.25) is 4.79 Å². The molecular formula is C12H15ClN2O. The first-order chi connectivity index (χ1) is 7.49. The van der Waals surface area contributed by atoms with E-state index in [0.29, 0.717) is 22.8 Å². The van der Waals surface area contributed by atoms with Crippen LogP contribution in [0, 0.1) is 0 Å². The molecule has 0 aliphatic rings. The molecule has 0 aliphatic heterocycles. The Kier molecular flexibility index (Phi) is 4.38. The number of rotatable bonds is 3. The summed E-state index contributed by atoms with van der Waals surface area (Å²) < 4.78 is 0. The molecule has 1 aromatic carbocycles. The molecule has 0 aliphatic carbocycles. The molecule has 86 valence electrons. The van der Waals surface area contributed by atoms with E-state index in [-0.39, 0.29) is 5.91 Å². The highest BCUT2D eigenvalue weighted by Crippen LogP contribution is 2.16. The highest BCUT2D eigenvalue weighted by molar-refractivity contribution is 6.31. The quantitative estimate of drug-likeness (QED) is 0.628. The van der Waals surface area contributed by atoms with E-state index in [1.54, 1.807) is 18.2 Å². The number of amides is 1. The molecule has 1 amide bonds. The van der Waals surface area contributed by atoms with E-state index < -0.39 is 0 Å². The summed E-state index contributed by atoms with van der Waals surface area (Å²) >= 11 is 5.81. The van der Waals surface area contributed by atoms with E-state index >= 15 is 0 Å². The van der Waals surface area contributed by atoms with Gasteiger partial charge in [-0.1, -0.05) is 23.3 Å². The van der Waals surface area contributed by atoms with Crippen LogP contribution in [0.1, 0.15) is 24.2 Å². The lowest BCUT2D eigenvalue weighted by molar-refractivity contribution is 0.0958. The Morgan fingerprint density at radius 2 is 2.12 bits per heavy atom. The number of benzene rings is 1. The van der Waals surface area contributed by atoms with Crippen molar-refractivity contribution >= 4 is 23.2 Å². The predicted molar refractivity (Wildman–Crippen MR) is 67.6 cm³/mol. The number of halogens is 1. The van der Waals surface area contributed by atoms with Crippen molar-refractivity contribution in [2.24, 2.45) is 0 Å². The van der Waals surface area contributed by atoms with Crippen molar-refractivity contribution < 1.29 is 4.79 Å². The van der Waals surface area contributed by atoms with Gasteiger partial charge in [-0.25, -0.2) is 0 Å². The van der Waals surface area contributed by atoms with Gasteiger partial charge in [0.05, 0.1) is 0 Å². The fourth-order valence-electron chi connectivity index (χ4n) is 1.19. The molecule has 16 heavy (non-hydrogen) atoms. The smallest absolute Gasteiger partial charge is 0.251 e. The number of allylic oxidation sites excluding steroid dienone is 1. The number of nitrogens with one attached hydrogen (secondary N) is 1. The van der Waals surface area contributed by atoms with Crippen LogP contribution < -0.4 is 11.1 Å². The summed E-state index contributed by atoms with van der Waals surface area (Å²) in [6.07, 6.45) is 1.94. The normalized spacial score (nSPS) is 9.69. The topological polar surface area (TPSA) is 55.1 Å². The predicted octanol–water partition coefficient (Wildman–Crippen LogP) is 2.62. The Hall–Kier alpha value is -1.48. The SMILES string of the molecule is CC(C)=CCNC(=O)c1cc(N)cc(Cl)c1. The number of nitrogens with two attached hydrogens (primary N) is 1. The minimum Gasteiger partial charge on any atom is -0.399 e. The van der Waals surface area contributed by atoms with Gasteiger partial charge in [0.15, 0.2) is 0 Å². The first-order valence-electron chi connectivity index (χ1n) is 4.96. The molecule has 0 bridgehead atoms. The van der Waals surface area contributed by atoms with Crippen molar-refractivity contribution in [3.8, 4) is 0 Å². The van der Waals surface area contributed by atoms with E-state index in [1.165, 1.54) is 0 Å². The molecule has 0 aromatic heterocycles.